The minimum Gasteiger partial charge on any atom is -0.372 e. The van der Waals surface area contributed by atoms with Crippen molar-refractivity contribution in [2.45, 2.75) is 26.1 Å². The number of amides is 2. The fraction of sp³-hybridized carbons (Fsp3) is 0.316. The summed E-state index contributed by atoms with van der Waals surface area (Å²) in [7, 11) is 0. The van der Waals surface area contributed by atoms with Crippen LogP contribution in [-0.2, 0) is 4.74 Å². The molecule has 7 nitrogen and oxygen atoms in total. The van der Waals surface area contributed by atoms with E-state index in [2.05, 4.69) is 20.7 Å². The lowest BCUT2D eigenvalue weighted by molar-refractivity contribution is -0.00546. The van der Waals surface area contributed by atoms with Crippen molar-refractivity contribution in [1.29, 1.82) is 0 Å². The van der Waals surface area contributed by atoms with Gasteiger partial charge in [-0.05, 0) is 38.1 Å². The van der Waals surface area contributed by atoms with Gasteiger partial charge in [0.05, 0.1) is 28.4 Å². The predicted molar refractivity (Wildman–Crippen MR) is 103 cm³/mol. The van der Waals surface area contributed by atoms with Crippen LogP contribution in [0.25, 0.3) is 0 Å². The van der Waals surface area contributed by atoms with Gasteiger partial charge in [-0.1, -0.05) is 23.7 Å². The fourth-order valence-corrected chi connectivity index (χ4v) is 3.19. The quantitative estimate of drug-likeness (QED) is 0.789. The third kappa shape index (κ3) is 4.75. The van der Waals surface area contributed by atoms with Crippen molar-refractivity contribution in [2.24, 2.45) is 0 Å². The van der Waals surface area contributed by atoms with Gasteiger partial charge in [0.25, 0.3) is 11.8 Å². The highest BCUT2D eigenvalue weighted by molar-refractivity contribution is 6.33. The topological polar surface area (TPSA) is 83.6 Å². The van der Waals surface area contributed by atoms with E-state index < -0.39 is 11.8 Å². The van der Waals surface area contributed by atoms with E-state index in [4.69, 9.17) is 16.3 Å². The molecule has 2 N–H and O–H groups in total. The molecule has 2 atom stereocenters. The number of hydrazine groups is 1. The average Bonchev–Trinajstić information content (AvgIpc) is 2.65. The number of rotatable bonds is 3. The second-order valence-electron chi connectivity index (χ2n) is 6.46. The van der Waals surface area contributed by atoms with Crippen molar-refractivity contribution >= 4 is 29.2 Å². The van der Waals surface area contributed by atoms with E-state index in [-0.39, 0.29) is 17.8 Å². The molecule has 1 aliphatic heterocycles. The third-order valence-electron chi connectivity index (χ3n) is 4.16. The SMILES string of the molecule is C[C@@H]1CN(c2ccc(C(=O)NNC(=O)c3ccccc3Cl)cn2)C[C@H](C)O1. The van der Waals surface area contributed by atoms with Crippen molar-refractivity contribution in [1.82, 2.24) is 15.8 Å². The van der Waals surface area contributed by atoms with Crippen LogP contribution in [0.4, 0.5) is 5.82 Å². The third-order valence-corrected chi connectivity index (χ3v) is 4.49. The number of nitrogens with zero attached hydrogens (tertiary/aromatic N) is 2. The Kier molecular flexibility index (Phi) is 5.93. The number of carbonyl (C=O) groups excluding carboxylic acids is 2. The molecule has 2 aromatic rings. The number of anilines is 1. The Bertz CT molecular complexity index is 818. The van der Waals surface area contributed by atoms with Crippen LogP contribution in [0.1, 0.15) is 34.6 Å². The summed E-state index contributed by atoms with van der Waals surface area (Å²) in [5.41, 5.74) is 5.34. The van der Waals surface area contributed by atoms with Gasteiger partial charge in [-0.2, -0.15) is 0 Å². The Morgan fingerprint density at radius 2 is 1.74 bits per heavy atom. The summed E-state index contributed by atoms with van der Waals surface area (Å²) in [6.07, 6.45) is 1.73. The Hall–Kier alpha value is -2.64. The summed E-state index contributed by atoms with van der Waals surface area (Å²) in [4.78, 5) is 30.8. The molecule has 3 rings (SSSR count). The van der Waals surface area contributed by atoms with Gasteiger partial charge in [0, 0.05) is 19.3 Å². The van der Waals surface area contributed by atoms with Crippen LogP contribution in [0.15, 0.2) is 42.6 Å². The Labute approximate surface area is 162 Å². The number of ether oxygens (including phenoxy) is 1. The molecule has 1 fully saturated rings. The molecular formula is C19H21ClN4O3. The molecule has 0 spiro atoms. The van der Waals surface area contributed by atoms with Crippen LogP contribution >= 0.6 is 11.6 Å². The fourth-order valence-electron chi connectivity index (χ4n) is 2.97. The zero-order chi connectivity index (χ0) is 19.4. The second kappa shape index (κ2) is 8.37. The summed E-state index contributed by atoms with van der Waals surface area (Å²) in [6.45, 7) is 5.53. The molecule has 27 heavy (non-hydrogen) atoms. The van der Waals surface area contributed by atoms with Crippen LogP contribution in [0.2, 0.25) is 5.02 Å². The van der Waals surface area contributed by atoms with E-state index in [1.165, 1.54) is 6.20 Å². The molecule has 1 aromatic heterocycles. The molecule has 0 saturated carbocycles. The maximum Gasteiger partial charge on any atom is 0.271 e. The number of pyridine rings is 1. The van der Waals surface area contributed by atoms with Crippen molar-refractivity contribution in [2.75, 3.05) is 18.0 Å². The van der Waals surface area contributed by atoms with Crippen LogP contribution in [-0.4, -0.2) is 42.1 Å². The summed E-state index contributed by atoms with van der Waals surface area (Å²) >= 11 is 5.97. The average molecular weight is 389 g/mol. The molecule has 2 amide bonds. The number of nitrogens with one attached hydrogen (secondary N) is 2. The predicted octanol–water partition coefficient (Wildman–Crippen LogP) is 2.42. The minimum absolute atomic E-state index is 0.124. The number of aromatic nitrogens is 1. The molecule has 1 saturated heterocycles. The maximum atomic E-state index is 12.2. The van der Waals surface area contributed by atoms with Crippen LogP contribution in [0, 0.1) is 0 Å². The number of hydrogen-bond donors (Lipinski definition) is 2. The van der Waals surface area contributed by atoms with E-state index in [0.717, 1.165) is 18.9 Å². The first-order valence-electron chi connectivity index (χ1n) is 8.65. The zero-order valence-corrected chi connectivity index (χ0v) is 15.9. The van der Waals surface area contributed by atoms with E-state index >= 15 is 0 Å². The molecule has 8 heteroatoms. The van der Waals surface area contributed by atoms with Crippen molar-refractivity contribution in [3.8, 4) is 0 Å². The summed E-state index contributed by atoms with van der Waals surface area (Å²) in [5, 5.41) is 0.309. The van der Waals surface area contributed by atoms with Gasteiger partial charge in [-0.25, -0.2) is 4.98 Å². The largest absolute Gasteiger partial charge is 0.372 e. The molecule has 142 valence electrons. The van der Waals surface area contributed by atoms with E-state index in [0.29, 0.717) is 10.6 Å². The van der Waals surface area contributed by atoms with E-state index in [1.807, 2.05) is 13.8 Å². The number of benzene rings is 1. The molecule has 1 aromatic carbocycles. The molecule has 2 heterocycles. The zero-order valence-electron chi connectivity index (χ0n) is 15.1. The minimum atomic E-state index is -0.491. The summed E-state index contributed by atoms with van der Waals surface area (Å²) < 4.78 is 5.72. The van der Waals surface area contributed by atoms with Gasteiger partial charge < -0.3 is 9.64 Å². The van der Waals surface area contributed by atoms with Gasteiger partial charge >= 0.3 is 0 Å². The number of hydrogen-bond acceptors (Lipinski definition) is 5. The van der Waals surface area contributed by atoms with Crippen molar-refractivity contribution < 1.29 is 14.3 Å². The highest BCUT2D eigenvalue weighted by atomic mass is 35.5. The summed E-state index contributed by atoms with van der Waals surface area (Å²) in [5.74, 6) is -0.165. The highest BCUT2D eigenvalue weighted by Gasteiger charge is 2.23. The number of carbonyl (C=O) groups is 2. The Morgan fingerprint density at radius 1 is 1.07 bits per heavy atom. The first kappa shape index (κ1) is 19.1. The second-order valence-corrected chi connectivity index (χ2v) is 6.86. The van der Waals surface area contributed by atoms with Gasteiger partial charge in [0.2, 0.25) is 0 Å². The van der Waals surface area contributed by atoms with E-state index in [9.17, 15) is 9.59 Å². The van der Waals surface area contributed by atoms with Gasteiger partial charge in [-0.3, -0.25) is 20.4 Å². The maximum absolute atomic E-state index is 12.2. The molecule has 0 bridgehead atoms. The van der Waals surface area contributed by atoms with Crippen LogP contribution < -0.4 is 15.8 Å². The lowest BCUT2D eigenvalue weighted by Crippen LogP contribution is -2.46. The molecule has 0 aliphatic carbocycles. The molecule has 0 unspecified atom stereocenters. The van der Waals surface area contributed by atoms with Crippen LogP contribution in [0.5, 0.6) is 0 Å². The van der Waals surface area contributed by atoms with E-state index in [1.54, 1.807) is 36.4 Å². The molecular weight excluding hydrogens is 368 g/mol. The number of morpholine rings is 1. The molecule has 1 aliphatic rings. The van der Waals surface area contributed by atoms with Gasteiger partial charge in [-0.15, -0.1) is 0 Å². The smallest absolute Gasteiger partial charge is 0.271 e. The Balaban J connectivity index is 1.59. The molecule has 0 radical (unpaired) electrons. The lowest BCUT2D eigenvalue weighted by Gasteiger charge is -2.36. The lowest BCUT2D eigenvalue weighted by atomic mass is 10.2. The first-order valence-corrected chi connectivity index (χ1v) is 9.03. The van der Waals surface area contributed by atoms with Crippen molar-refractivity contribution in [3.63, 3.8) is 0 Å². The number of halogens is 1. The monoisotopic (exact) mass is 388 g/mol. The van der Waals surface area contributed by atoms with Gasteiger partial charge in [0.15, 0.2) is 0 Å². The Morgan fingerprint density at radius 3 is 2.37 bits per heavy atom. The van der Waals surface area contributed by atoms with Gasteiger partial charge in [0.1, 0.15) is 5.82 Å². The standard InChI is InChI=1S/C19H21ClN4O3/c1-12-10-24(11-13(2)27-12)17-8-7-14(9-21-17)18(25)22-23-19(26)15-5-3-4-6-16(15)20/h3-9,12-13H,10-11H2,1-2H3,(H,22,25)(H,23,26)/t12-,13+. The highest BCUT2D eigenvalue weighted by Crippen LogP contribution is 2.18. The normalized spacial score (nSPS) is 19.4. The van der Waals surface area contributed by atoms with Crippen LogP contribution in [0.3, 0.4) is 0 Å². The summed E-state index contributed by atoms with van der Waals surface area (Å²) in [6, 6.07) is 10.1. The van der Waals surface area contributed by atoms with Crippen molar-refractivity contribution in [3.05, 3.63) is 58.7 Å². The first-order chi connectivity index (χ1) is 12.9.